The molecule has 92 valence electrons. The molecule has 0 aromatic rings. The van der Waals surface area contributed by atoms with Crippen molar-refractivity contribution in [2.24, 2.45) is 0 Å². The summed E-state index contributed by atoms with van der Waals surface area (Å²) in [6, 6.07) is 0. The molecule has 0 saturated carbocycles. The topological polar surface area (TPSA) is 23.5 Å². The standard InChI is InChI=1S/C14H25NO/c1-4-6-7-10-13(16)14(3,5-2)15-11-8-9-12-15/h13,16H,5,7-12H2,1-3H3. The highest BCUT2D eigenvalue weighted by Gasteiger charge is 2.37. The molecular weight excluding hydrogens is 198 g/mol. The van der Waals surface area contributed by atoms with Gasteiger partial charge in [0.2, 0.25) is 0 Å². The third-order valence-electron chi connectivity index (χ3n) is 3.98. The Bertz CT molecular complexity index is 260. The van der Waals surface area contributed by atoms with Crippen LogP contribution in [0.1, 0.15) is 52.9 Å². The van der Waals surface area contributed by atoms with Gasteiger partial charge in [0, 0.05) is 12.0 Å². The Kier molecular flexibility index (Phi) is 5.31. The van der Waals surface area contributed by atoms with Crippen LogP contribution in [0.2, 0.25) is 0 Å². The monoisotopic (exact) mass is 223 g/mol. The summed E-state index contributed by atoms with van der Waals surface area (Å²) in [5.74, 6) is 5.92. The molecule has 0 aromatic carbocycles. The zero-order chi connectivity index (χ0) is 12.0. The molecule has 1 rings (SSSR count). The van der Waals surface area contributed by atoms with Crippen molar-refractivity contribution >= 4 is 0 Å². The van der Waals surface area contributed by atoms with E-state index in [1.807, 2.05) is 6.92 Å². The number of likely N-dealkylation sites (tertiary alicyclic amines) is 1. The first-order chi connectivity index (χ1) is 7.65. The van der Waals surface area contributed by atoms with Gasteiger partial charge in [0.1, 0.15) is 0 Å². The Hall–Kier alpha value is -0.520. The van der Waals surface area contributed by atoms with Crippen molar-refractivity contribution in [2.45, 2.75) is 64.5 Å². The lowest BCUT2D eigenvalue weighted by Crippen LogP contribution is -2.53. The van der Waals surface area contributed by atoms with E-state index in [9.17, 15) is 5.11 Å². The highest BCUT2D eigenvalue weighted by molar-refractivity contribution is 4.99. The summed E-state index contributed by atoms with van der Waals surface area (Å²) in [6.45, 7) is 8.50. The summed E-state index contributed by atoms with van der Waals surface area (Å²) in [7, 11) is 0. The first-order valence-corrected chi connectivity index (χ1v) is 6.48. The highest BCUT2D eigenvalue weighted by atomic mass is 16.3. The number of hydrogen-bond donors (Lipinski definition) is 1. The van der Waals surface area contributed by atoms with Gasteiger partial charge in [-0.2, -0.15) is 0 Å². The summed E-state index contributed by atoms with van der Waals surface area (Å²) in [6.07, 6.45) is 4.90. The van der Waals surface area contributed by atoms with Gasteiger partial charge in [-0.05, 0) is 52.6 Å². The van der Waals surface area contributed by atoms with E-state index in [4.69, 9.17) is 0 Å². The Labute approximate surface area is 100 Å². The van der Waals surface area contributed by atoms with E-state index >= 15 is 0 Å². The summed E-state index contributed by atoms with van der Waals surface area (Å²) in [5, 5.41) is 10.3. The van der Waals surface area contributed by atoms with Crippen LogP contribution in [-0.4, -0.2) is 34.7 Å². The fourth-order valence-electron chi connectivity index (χ4n) is 2.54. The van der Waals surface area contributed by atoms with Gasteiger partial charge in [-0.25, -0.2) is 0 Å². The van der Waals surface area contributed by atoms with E-state index in [1.165, 1.54) is 12.8 Å². The van der Waals surface area contributed by atoms with Gasteiger partial charge < -0.3 is 5.11 Å². The molecule has 2 atom stereocenters. The number of nitrogens with zero attached hydrogens (tertiary/aromatic N) is 1. The van der Waals surface area contributed by atoms with Crippen LogP contribution in [-0.2, 0) is 0 Å². The van der Waals surface area contributed by atoms with E-state index in [-0.39, 0.29) is 11.6 Å². The number of aliphatic hydroxyl groups excluding tert-OH is 1. The van der Waals surface area contributed by atoms with Crippen LogP contribution in [0.3, 0.4) is 0 Å². The Morgan fingerprint density at radius 3 is 2.50 bits per heavy atom. The molecule has 0 radical (unpaired) electrons. The Balaban J connectivity index is 2.57. The van der Waals surface area contributed by atoms with Crippen molar-refractivity contribution in [1.29, 1.82) is 0 Å². The minimum Gasteiger partial charge on any atom is -0.391 e. The predicted octanol–water partition coefficient (Wildman–Crippen LogP) is 2.42. The maximum atomic E-state index is 10.3. The first kappa shape index (κ1) is 13.5. The highest BCUT2D eigenvalue weighted by Crippen LogP contribution is 2.29. The van der Waals surface area contributed by atoms with Crippen LogP contribution in [0, 0.1) is 11.8 Å². The maximum absolute atomic E-state index is 10.3. The molecule has 2 nitrogen and oxygen atoms in total. The summed E-state index contributed by atoms with van der Waals surface area (Å²) in [4.78, 5) is 2.46. The molecule has 1 aliphatic rings. The maximum Gasteiger partial charge on any atom is 0.0730 e. The molecule has 0 spiro atoms. The smallest absolute Gasteiger partial charge is 0.0730 e. The molecule has 1 saturated heterocycles. The van der Waals surface area contributed by atoms with Crippen molar-refractivity contribution < 1.29 is 5.11 Å². The molecule has 0 bridgehead atoms. The molecule has 0 aliphatic carbocycles. The van der Waals surface area contributed by atoms with E-state index in [1.54, 1.807) is 0 Å². The second-order valence-electron chi connectivity index (χ2n) is 4.89. The fraction of sp³-hybridized carbons (Fsp3) is 0.857. The lowest BCUT2D eigenvalue weighted by atomic mass is 9.87. The van der Waals surface area contributed by atoms with Crippen LogP contribution in [0.25, 0.3) is 0 Å². The number of hydrogen-bond acceptors (Lipinski definition) is 2. The molecule has 2 heteroatoms. The van der Waals surface area contributed by atoms with Gasteiger partial charge in [-0.15, -0.1) is 11.8 Å². The first-order valence-electron chi connectivity index (χ1n) is 6.48. The average molecular weight is 223 g/mol. The largest absolute Gasteiger partial charge is 0.391 e. The van der Waals surface area contributed by atoms with Crippen LogP contribution in [0.15, 0.2) is 0 Å². The molecule has 1 fully saturated rings. The van der Waals surface area contributed by atoms with Crippen molar-refractivity contribution in [1.82, 2.24) is 4.90 Å². The number of rotatable bonds is 5. The Morgan fingerprint density at radius 2 is 2.00 bits per heavy atom. The molecule has 0 aromatic heterocycles. The van der Waals surface area contributed by atoms with Gasteiger partial charge >= 0.3 is 0 Å². The molecular formula is C14H25NO. The van der Waals surface area contributed by atoms with Crippen LogP contribution >= 0.6 is 0 Å². The van der Waals surface area contributed by atoms with E-state index < -0.39 is 0 Å². The van der Waals surface area contributed by atoms with Crippen molar-refractivity contribution in [3.8, 4) is 11.8 Å². The molecule has 1 aliphatic heterocycles. The lowest BCUT2D eigenvalue weighted by molar-refractivity contribution is -0.0157. The third kappa shape index (κ3) is 2.99. The number of aliphatic hydroxyl groups is 1. The van der Waals surface area contributed by atoms with E-state index in [2.05, 4.69) is 30.6 Å². The summed E-state index contributed by atoms with van der Waals surface area (Å²) < 4.78 is 0. The average Bonchev–Trinajstić information content (AvgIpc) is 2.82. The van der Waals surface area contributed by atoms with E-state index in [0.29, 0.717) is 0 Å². The second-order valence-corrected chi connectivity index (χ2v) is 4.89. The minimum absolute atomic E-state index is 0.0497. The summed E-state index contributed by atoms with van der Waals surface area (Å²) >= 11 is 0. The van der Waals surface area contributed by atoms with Gasteiger partial charge in [0.05, 0.1) is 6.10 Å². The van der Waals surface area contributed by atoms with E-state index in [0.717, 1.165) is 32.4 Å². The quantitative estimate of drug-likeness (QED) is 0.724. The molecule has 0 amide bonds. The second kappa shape index (κ2) is 6.27. The molecule has 1 heterocycles. The lowest BCUT2D eigenvalue weighted by Gasteiger charge is -2.42. The van der Waals surface area contributed by atoms with Crippen LogP contribution in [0.5, 0.6) is 0 Å². The van der Waals surface area contributed by atoms with Gasteiger partial charge in [0.15, 0.2) is 0 Å². The van der Waals surface area contributed by atoms with Crippen molar-refractivity contribution in [3.63, 3.8) is 0 Å². The van der Waals surface area contributed by atoms with Gasteiger partial charge in [-0.1, -0.05) is 6.92 Å². The zero-order valence-corrected chi connectivity index (χ0v) is 10.9. The fourth-order valence-corrected chi connectivity index (χ4v) is 2.54. The predicted molar refractivity (Wildman–Crippen MR) is 68.2 cm³/mol. The summed E-state index contributed by atoms with van der Waals surface area (Å²) in [5.41, 5.74) is -0.0497. The van der Waals surface area contributed by atoms with Gasteiger partial charge in [-0.3, -0.25) is 4.90 Å². The van der Waals surface area contributed by atoms with Crippen molar-refractivity contribution in [3.05, 3.63) is 0 Å². The molecule has 1 N–H and O–H groups in total. The normalized spacial score (nSPS) is 22.2. The zero-order valence-electron chi connectivity index (χ0n) is 10.9. The molecule has 16 heavy (non-hydrogen) atoms. The minimum atomic E-state index is -0.253. The SMILES string of the molecule is CC#CCCC(O)C(C)(CC)N1CCCC1. The van der Waals surface area contributed by atoms with Gasteiger partial charge in [0.25, 0.3) is 0 Å². The third-order valence-corrected chi connectivity index (χ3v) is 3.98. The van der Waals surface area contributed by atoms with Crippen LogP contribution in [0.4, 0.5) is 0 Å². The molecule has 2 unspecified atom stereocenters. The van der Waals surface area contributed by atoms with Crippen LogP contribution < -0.4 is 0 Å². The van der Waals surface area contributed by atoms with Crippen molar-refractivity contribution in [2.75, 3.05) is 13.1 Å². The Morgan fingerprint density at radius 1 is 1.38 bits per heavy atom.